The van der Waals surface area contributed by atoms with E-state index in [1.807, 2.05) is 23.9 Å². The first kappa shape index (κ1) is 15.7. The summed E-state index contributed by atoms with van der Waals surface area (Å²) in [5.74, 6) is 0.0570. The van der Waals surface area contributed by atoms with Crippen molar-refractivity contribution >= 4 is 5.91 Å². The first-order valence-corrected chi connectivity index (χ1v) is 7.96. The molecule has 124 valence electrons. The minimum absolute atomic E-state index is 0.00479. The summed E-state index contributed by atoms with van der Waals surface area (Å²) in [5, 5.41) is 14.7. The van der Waals surface area contributed by atoms with Crippen molar-refractivity contribution in [3.8, 4) is 0 Å². The van der Waals surface area contributed by atoms with Gasteiger partial charge in [0.1, 0.15) is 0 Å². The maximum absolute atomic E-state index is 12.4. The molecule has 0 radical (unpaired) electrons. The molecule has 2 aromatic heterocycles. The van der Waals surface area contributed by atoms with Crippen LogP contribution in [0.25, 0.3) is 0 Å². The van der Waals surface area contributed by atoms with Gasteiger partial charge in [0.05, 0.1) is 24.5 Å². The van der Waals surface area contributed by atoms with Crippen LogP contribution in [0.1, 0.15) is 31.0 Å². The lowest BCUT2D eigenvalue weighted by Gasteiger charge is -2.29. The normalized spacial score (nSPS) is 24.0. The molecule has 1 saturated carbocycles. The Balaban J connectivity index is 1.58. The Morgan fingerprint density at radius 1 is 1.43 bits per heavy atom. The number of likely N-dealkylation sites (N-methyl/N-ethyl adjacent to an activating group) is 1. The molecule has 0 saturated heterocycles. The van der Waals surface area contributed by atoms with Crippen molar-refractivity contribution in [3.63, 3.8) is 0 Å². The standard InChI is InChI=1S/C16H23N5O2/c1-19(15(22)6-3-12-7-8-18-20(12)2)13-4-5-14(16(13)23)21-10-9-17-11-21/h7-11,13-14,16,23H,3-6H2,1-2H3/t13-,14-,16-/m1/s1. The van der Waals surface area contributed by atoms with Crippen molar-refractivity contribution in [1.82, 2.24) is 24.2 Å². The van der Waals surface area contributed by atoms with Gasteiger partial charge in [0.2, 0.25) is 5.91 Å². The van der Waals surface area contributed by atoms with Crippen LogP contribution in [-0.2, 0) is 18.3 Å². The zero-order valence-electron chi connectivity index (χ0n) is 13.5. The molecule has 1 amide bonds. The highest BCUT2D eigenvalue weighted by atomic mass is 16.3. The minimum Gasteiger partial charge on any atom is -0.389 e. The number of hydrogen-bond donors (Lipinski definition) is 1. The van der Waals surface area contributed by atoms with E-state index >= 15 is 0 Å². The molecule has 7 heteroatoms. The maximum Gasteiger partial charge on any atom is 0.223 e. The number of aromatic nitrogens is 4. The Bertz CT molecular complexity index is 651. The Labute approximate surface area is 135 Å². The van der Waals surface area contributed by atoms with Crippen LogP contribution in [-0.4, -0.2) is 54.4 Å². The number of rotatable bonds is 5. The van der Waals surface area contributed by atoms with E-state index in [-0.39, 0.29) is 18.0 Å². The van der Waals surface area contributed by atoms with E-state index in [4.69, 9.17) is 0 Å². The summed E-state index contributed by atoms with van der Waals surface area (Å²) in [6, 6.07) is 1.78. The number of carbonyl (C=O) groups excluding carboxylic acids is 1. The monoisotopic (exact) mass is 317 g/mol. The molecule has 7 nitrogen and oxygen atoms in total. The lowest BCUT2D eigenvalue weighted by Crippen LogP contribution is -2.43. The summed E-state index contributed by atoms with van der Waals surface area (Å²) in [7, 11) is 3.66. The molecule has 1 aliphatic carbocycles. The zero-order valence-corrected chi connectivity index (χ0v) is 13.5. The first-order valence-electron chi connectivity index (χ1n) is 7.96. The second kappa shape index (κ2) is 6.54. The van der Waals surface area contributed by atoms with Crippen LogP contribution in [0.2, 0.25) is 0 Å². The molecule has 0 spiro atoms. The van der Waals surface area contributed by atoms with Gasteiger partial charge in [-0.3, -0.25) is 9.48 Å². The molecular weight excluding hydrogens is 294 g/mol. The van der Waals surface area contributed by atoms with Crippen LogP contribution in [0.4, 0.5) is 0 Å². The van der Waals surface area contributed by atoms with Crippen molar-refractivity contribution < 1.29 is 9.90 Å². The predicted octanol–water partition coefficient (Wildman–Crippen LogP) is 0.772. The lowest BCUT2D eigenvalue weighted by atomic mass is 10.1. The van der Waals surface area contributed by atoms with Crippen LogP contribution < -0.4 is 0 Å². The third-order valence-corrected chi connectivity index (χ3v) is 4.86. The molecule has 1 aliphatic rings. The van der Waals surface area contributed by atoms with Gasteiger partial charge in [0.25, 0.3) is 0 Å². The fourth-order valence-electron chi connectivity index (χ4n) is 3.40. The largest absolute Gasteiger partial charge is 0.389 e. The van der Waals surface area contributed by atoms with Gasteiger partial charge in [0.15, 0.2) is 0 Å². The van der Waals surface area contributed by atoms with Crippen molar-refractivity contribution in [3.05, 3.63) is 36.7 Å². The van der Waals surface area contributed by atoms with Gasteiger partial charge in [-0.1, -0.05) is 0 Å². The summed E-state index contributed by atoms with van der Waals surface area (Å²) < 4.78 is 3.71. The highest BCUT2D eigenvalue weighted by Crippen LogP contribution is 2.33. The van der Waals surface area contributed by atoms with Gasteiger partial charge in [-0.15, -0.1) is 0 Å². The summed E-state index contributed by atoms with van der Waals surface area (Å²) >= 11 is 0. The van der Waals surface area contributed by atoms with E-state index < -0.39 is 6.10 Å². The van der Waals surface area contributed by atoms with Gasteiger partial charge >= 0.3 is 0 Å². The Morgan fingerprint density at radius 3 is 2.91 bits per heavy atom. The zero-order chi connectivity index (χ0) is 16.4. The van der Waals surface area contributed by atoms with Crippen molar-refractivity contribution in [2.24, 2.45) is 7.05 Å². The lowest BCUT2D eigenvalue weighted by molar-refractivity contribution is -0.133. The van der Waals surface area contributed by atoms with E-state index in [0.29, 0.717) is 12.8 Å². The van der Waals surface area contributed by atoms with Crippen molar-refractivity contribution in [2.45, 2.75) is 43.9 Å². The maximum atomic E-state index is 12.4. The fourth-order valence-corrected chi connectivity index (χ4v) is 3.40. The molecule has 0 unspecified atom stereocenters. The smallest absolute Gasteiger partial charge is 0.223 e. The van der Waals surface area contributed by atoms with Gasteiger partial charge in [0, 0.05) is 44.8 Å². The summed E-state index contributed by atoms with van der Waals surface area (Å²) in [4.78, 5) is 18.2. The number of amides is 1. The molecular formula is C16H23N5O2. The van der Waals surface area contributed by atoms with E-state index in [0.717, 1.165) is 18.5 Å². The molecule has 3 rings (SSSR count). The number of aliphatic hydroxyl groups is 1. The molecule has 0 bridgehead atoms. The van der Waals surface area contributed by atoms with Crippen molar-refractivity contribution in [2.75, 3.05) is 7.05 Å². The summed E-state index contributed by atoms with van der Waals surface area (Å²) in [6.07, 6.45) is 9.21. The van der Waals surface area contributed by atoms with Crippen LogP contribution in [0.5, 0.6) is 0 Å². The summed E-state index contributed by atoms with van der Waals surface area (Å²) in [5.41, 5.74) is 1.04. The quantitative estimate of drug-likeness (QED) is 0.884. The Kier molecular flexibility index (Phi) is 4.47. The van der Waals surface area contributed by atoms with Gasteiger partial charge < -0.3 is 14.6 Å². The van der Waals surface area contributed by atoms with Crippen molar-refractivity contribution in [1.29, 1.82) is 0 Å². The Morgan fingerprint density at radius 2 is 2.26 bits per heavy atom. The molecule has 0 aliphatic heterocycles. The second-order valence-electron chi connectivity index (χ2n) is 6.16. The van der Waals surface area contributed by atoms with E-state index in [1.54, 1.807) is 35.4 Å². The van der Waals surface area contributed by atoms with Crippen LogP contribution in [0.15, 0.2) is 31.0 Å². The molecule has 1 fully saturated rings. The molecule has 1 N–H and O–H groups in total. The average molecular weight is 317 g/mol. The summed E-state index contributed by atoms with van der Waals surface area (Å²) in [6.45, 7) is 0. The minimum atomic E-state index is -0.560. The van der Waals surface area contributed by atoms with Crippen LogP contribution >= 0.6 is 0 Å². The number of carbonyl (C=O) groups is 1. The third-order valence-electron chi connectivity index (χ3n) is 4.86. The number of imidazole rings is 1. The van der Waals surface area contributed by atoms with E-state index in [2.05, 4.69) is 10.1 Å². The Hall–Kier alpha value is -2.15. The SMILES string of the molecule is CN(C(=O)CCc1ccnn1C)[C@@H]1CC[C@@H](n2ccnc2)[C@@H]1O. The average Bonchev–Trinajstić information content (AvgIpc) is 3.25. The predicted molar refractivity (Wildman–Crippen MR) is 84.6 cm³/mol. The number of aliphatic hydroxyl groups excluding tert-OH is 1. The molecule has 3 atom stereocenters. The molecule has 2 heterocycles. The number of hydrogen-bond acceptors (Lipinski definition) is 4. The van der Waals surface area contributed by atoms with Gasteiger partial charge in [-0.2, -0.15) is 5.10 Å². The number of nitrogens with zero attached hydrogens (tertiary/aromatic N) is 5. The van der Waals surface area contributed by atoms with Crippen LogP contribution in [0.3, 0.4) is 0 Å². The highest BCUT2D eigenvalue weighted by Gasteiger charge is 2.39. The molecule has 23 heavy (non-hydrogen) atoms. The van der Waals surface area contributed by atoms with Gasteiger partial charge in [-0.05, 0) is 25.3 Å². The third kappa shape index (κ3) is 3.14. The van der Waals surface area contributed by atoms with E-state index in [9.17, 15) is 9.90 Å². The molecule has 2 aromatic rings. The van der Waals surface area contributed by atoms with Crippen LogP contribution in [0, 0.1) is 0 Å². The molecule has 0 aromatic carbocycles. The first-order chi connectivity index (χ1) is 11.1. The van der Waals surface area contributed by atoms with E-state index in [1.165, 1.54) is 0 Å². The highest BCUT2D eigenvalue weighted by molar-refractivity contribution is 5.76. The second-order valence-corrected chi connectivity index (χ2v) is 6.16. The topological polar surface area (TPSA) is 76.2 Å². The fraction of sp³-hybridized carbons (Fsp3) is 0.562. The number of aryl methyl sites for hydroxylation is 2. The van der Waals surface area contributed by atoms with Gasteiger partial charge in [-0.25, -0.2) is 4.98 Å².